The van der Waals surface area contributed by atoms with Gasteiger partial charge in [0.1, 0.15) is 11.4 Å². The summed E-state index contributed by atoms with van der Waals surface area (Å²) in [6.45, 7) is 1.94. The highest BCUT2D eigenvalue weighted by atomic mass is 35.5. The van der Waals surface area contributed by atoms with Crippen LogP contribution < -0.4 is 11.1 Å². The second kappa shape index (κ2) is 5.10. The molecule has 21 heavy (non-hydrogen) atoms. The number of amides is 1. The van der Waals surface area contributed by atoms with Gasteiger partial charge in [0, 0.05) is 11.6 Å². The fourth-order valence-electron chi connectivity index (χ4n) is 2.02. The Labute approximate surface area is 125 Å². The number of fused-ring (bicyclic) bond motifs is 1. The van der Waals surface area contributed by atoms with E-state index in [4.69, 9.17) is 21.8 Å². The van der Waals surface area contributed by atoms with Gasteiger partial charge in [-0.2, -0.15) is 0 Å². The van der Waals surface area contributed by atoms with Gasteiger partial charge in [-0.1, -0.05) is 17.7 Å². The summed E-state index contributed by atoms with van der Waals surface area (Å²) in [6.07, 6.45) is 1.45. The lowest BCUT2D eigenvalue weighted by Gasteiger charge is -2.02. The van der Waals surface area contributed by atoms with Gasteiger partial charge in [0.15, 0.2) is 0 Å². The maximum Gasteiger partial charge on any atom is 0.294 e. The first-order valence-corrected chi connectivity index (χ1v) is 6.64. The van der Waals surface area contributed by atoms with Crippen molar-refractivity contribution < 1.29 is 9.21 Å². The van der Waals surface area contributed by atoms with Gasteiger partial charge in [0.25, 0.3) is 5.91 Å². The summed E-state index contributed by atoms with van der Waals surface area (Å²) in [4.78, 5) is 16.2. The molecule has 6 heteroatoms. The molecule has 0 aliphatic rings. The van der Waals surface area contributed by atoms with Crippen molar-refractivity contribution in [3.63, 3.8) is 0 Å². The fourth-order valence-corrected chi connectivity index (χ4v) is 2.13. The second-order valence-electron chi connectivity index (χ2n) is 4.66. The predicted octanol–water partition coefficient (Wildman–Crippen LogP) is 3.62. The van der Waals surface area contributed by atoms with E-state index in [0.29, 0.717) is 22.1 Å². The van der Waals surface area contributed by atoms with Crippen LogP contribution in [0.2, 0.25) is 5.02 Å². The van der Waals surface area contributed by atoms with Gasteiger partial charge in [-0.15, -0.1) is 0 Å². The summed E-state index contributed by atoms with van der Waals surface area (Å²) in [5.41, 5.74) is 7.90. The van der Waals surface area contributed by atoms with Gasteiger partial charge in [0.2, 0.25) is 5.76 Å². The highest BCUT2D eigenvalue weighted by Gasteiger charge is 2.19. The van der Waals surface area contributed by atoms with Crippen LogP contribution in [-0.4, -0.2) is 10.9 Å². The van der Waals surface area contributed by atoms with Crippen LogP contribution >= 0.6 is 11.6 Å². The molecule has 0 spiro atoms. The van der Waals surface area contributed by atoms with E-state index in [1.54, 1.807) is 12.1 Å². The van der Waals surface area contributed by atoms with Gasteiger partial charge in [-0.3, -0.25) is 4.79 Å². The number of anilines is 2. The van der Waals surface area contributed by atoms with Crippen molar-refractivity contribution in [2.24, 2.45) is 0 Å². The summed E-state index contributed by atoms with van der Waals surface area (Å²) >= 11 is 5.74. The maximum absolute atomic E-state index is 12.2. The molecular formula is C15H12ClN3O2. The van der Waals surface area contributed by atoms with Crippen molar-refractivity contribution in [2.75, 3.05) is 11.1 Å². The number of rotatable bonds is 2. The number of nitrogens with zero attached hydrogens (tertiary/aromatic N) is 1. The molecule has 2 aromatic heterocycles. The number of nitrogens with two attached hydrogens (primary N) is 1. The summed E-state index contributed by atoms with van der Waals surface area (Å²) in [7, 11) is 0. The minimum atomic E-state index is -0.448. The molecule has 2 heterocycles. The van der Waals surface area contributed by atoms with Crippen molar-refractivity contribution in [3.8, 4) is 0 Å². The molecule has 1 aromatic carbocycles. The predicted molar refractivity (Wildman–Crippen MR) is 82.6 cm³/mol. The zero-order valence-corrected chi connectivity index (χ0v) is 11.9. The smallest absolute Gasteiger partial charge is 0.294 e. The van der Waals surface area contributed by atoms with E-state index in [1.165, 1.54) is 6.20 Å². The van der Waals surface area contributed by atoms with Crippen LogP contribution in [0.5, 0.6) is 0 Å². The standard InChI is InChI=1S/C15H12ClN3O2/c1-8-2-4-10-11(6-8)21-14(13(10)17)15(20)19-12-5-3-9(16)7-18-12/h2-7H,17H2,1H3,(H,18,19,20). The third kappa shape index (κ3) is 2.55. The largest absolute Gasteiger partial charge is 0.449 e. The molecule has 0 atom stereocenters. The Kier molecular flexibility index (Phi) is 3.27. The Balaban J connectivity index is 1.94. The highest BCUT2D eigenvalue weighted by Crippen LogP contribution is 2.29. The molecule has 0 radical (unpaired) electrons. The Hall–Kier alpha value is -2.53. The molecule has 0 unspecified atom stereocenters. The lowest BCUT2D eigenvalue weighted by atomic mass is 10.1. The molecule has 5 nitrogen and oxygen atoms in total. The Morgan fingerprint density at radius 1 is 1.33 bits per heavy atom. The normalized spacial score (nSPS) is 10.8. The molecule has 0 bridgehead atoms. The van der Waals surface area contributed by atoms with Crippen LogP contribution in [0.1, 0.15) is 16.1 Å². The summed E-state index contributed by atoms with van der Waals surface area (Å²) < 4.78 is 5.55. The number of aromatic nitrogens is 1. The van der Waals surface area contributed by atoms with Gasteiger partial charge in [-0.25, -0.2) is 4.98 Å². The summed E-state index contributed by atoms with van der Waals surface area (Å²) in [5, 5.41) is 3.83. The molecule has 0 aliphatic heterocycles. The molecule has 1 amide bonds. The Bertz CT molecular complexity index is 825. The number of hydrogen-bond donors (Lipinski definition) is 2. The summed E-state index contributed by atoms with van der Waals surface area (Å²) in [6, 6.07) is 8.82. The van der Waals surface area contributed by atoms with E-state index in [1.807, 2.05) is 25.1 Å². The molecule has 0 aliphatic carbocycles. The first-order chi connectivity index (χ1) is 10.0. The molecule has 3 rings (SSSR count). The average Bonchev–Trinajstić information content (AvgIpc) is 2.78. The SMILES string of the molecule is Cc1ccc2c(N)c(C(=O)Nc3ccc(Cl)cn3)oc2c1. The topological polar surface area (TPSA) is 81.2 Å². The van der Waals surface area contributed by atoms with Crippen LogP contribution in [0.25, 0.3) is 11.0 Å². The molecular weight excluding hydrogens is 290 g/mol. The first-order valence-electron chi connectivity index (χ1n) is 6.26. The van der Waals surface area contributed by atoms with Gasteiger partial charge in [-0.05, 0) is 36.8 Å². The number of aryl methyl sites for hydroxylation is 1. The number of hydrogen-bond acceptors (Lipinski definition) is 4. The van der Waals surface area contributed by atoms with Crippen LogP contribution in [-0.2, 0) is 0 Å². The number of pyridine rings is 1. The van der Waals surface area contributed by atoms with E-state index in [0.717, 1.165) is 10.9 Å². The number of nitrogen functional groups attached to an aromatic ring is 1. The van der Waals surface area contributed by atoms with Crippen LogP contribution in [0.15, 0.2) is 40.9 Å². The third-order valence-electron chi connectivity index (χ3n) is 3.06. The average molecular weight is 302 g/mol. The number of halogens is 1. The molecule has 0 saturated carbocycles. The van der Waals surface area contributed by atoms with E-state index < -0.39 is 5.91 Å². The monoisotopic (exact) mass is 301 g/mol. The van der Waals surface area contributed by atoms with Gasteiger partial charge in [0.05, 0.1) is 10.7 Å². The number of carbonyl (C=O) groups is 1. The molecule has 106 valence electrons. The maximum atomic E-state index is 12.2. The zero-order chi connectivity index (χ0) is 15.0. The number of carbonyl (C=O) groups excluding carboxylic acids is 1. The van der Waals surface area contributed by atoms with Crippen molar-refractivity contribution in [2.45, 2.75) is 6.92 Å². The minimum absolute atomic E-state index is 0.0763. The number of benzene rings is 1. The van der Waals surface area contributed by atoms with Crippen LogP contribution in [0.4, 0.5) is 11.5 Å². The van der Waals surface area contributed by atoms with E-state index in [9.17, 15) is 4.79 Å². The lowest BCUT2D eigenvalue weighted by molar-refractivity contribution is 0.0999. The van der Waals surface area contributed by atoms with E-state index in [2.05, 4.69) is 10.3 Å². The van der Waals surface area contributed by atoms with Crippen molar-refractivity contribution in [1.82, 2.24) is 4.98 Å². The quantitative estimate of drug-likeness (QED) is 0.757. The third-order valence-corrected chi connectivity index (χ3v) is 3.28. The van der Waals surface area contributed by atoms with Crippen molar-refractivity contribution in [3.05, 3.63) is 52.9 Å². The minimum Gasteiger partial charge on any atom is -0.449 e. The highest BCUT2D eigenvalue weighted by molar-refractivity contribution is 6.30. The number of furan rings is 1. The second-order valence-corrected chi connectivity index (χ2v) is 5.10. The molecule has 3 N–H and O–H groups in total. The number of nitrogens with one attached hydrogen (secondary N) is 1. The molecule has 0 saturated heterocycles. The molecule has 0 fully saturated rings. The van der Waals surface area contributed by atoms with E-state index in [-0.39, 0.29) is 5.76 Å². The van der Waals surface area contributed by atoms with Crippen LogP contribution in [0, 0.1) is 6.92 Å². The molecule has 3 aromatic rings. The Morgan fingerprint density at radius 2 is 2.14 bits per heavy atom. The Morgan fingerprint density at radius 3 is 2.86 bits per heavy atom. The van der Waals surface area contributed by atoms with Crippen molar-refractivity contribution >= 4 is 40.0 Å². The van der Waals surface area contributed by atoms with Gasteiger partial charge < -0.3 is 15.5 Å². The zero-order valence-electron chi connectivity index (χ0n) is 11.2. The fraction of sp³-hybridized carbons (Fsp3) is 0.0667. The first kappa shape index (κ1) is 13.5. The van der Waals surface area contributed by atoms with Crippen molar-refractivity contribution in [1.29, 1.82) is 0 Å². The van der Waals surface area contributed by atoms with Gasteiger partial charge >= 0.3 is 0 Å². The van der Waals surface area contributed by atoms with E-state index >= 15 is 0 Å². The van der Waals surface area contributed by atoms with Crippen LogP contribution in [0.3, 0.4) is 0 Å². The summed E-state index contributed by atoms with van der Waals surface area (Å²) in [5.74, 6) is 0.00367. The lowest BCUT2D eigenvalue weighted by Crippen LogP contribution is -2.13.